The second kappa shape index (κ2) is 13.6. The minimum absolute atomic E-state index is 0.357. The molecule has 0 radical (unpaired) electrons. The van der Waals surface area contributed by atoms with Crippen LogP contribution in [0.1, 0.15) is 5.56 Å². The molecule has 12 aromatic rings. The van der Waals surface area contributed by atoms with Crippen molar-refractivity contribution in [3.8, 4) is 51.3 Å². The fraction of sp³-hybridized carbons (Fsp3) is 0. The quantitative estimate of drug-likeness (QED) is 0.163. The lowest BCUT2D eigenvalue weighted by Gasteiger charge is -2.15. The van der Waals surface area contributed by atoms with Crippen LogP contribution in [0.2, 0.25) is 0 Å². The molecule has 0 unspecified atom stereocenters. The van der Waals surface area contributed by atoms with Gasteiger partial charge in [0.2, 0.25) is 5.69 Å². The molecule has 0 saturated heterocycles. The van der Waals surface area contributed by atoms with Crippen molar-refractivity contribution in [2.75, 3.05) is 0 Å². The zero-order chi connectivity index (χ0) is 40.6. The number of hydrogen-bond donors (Lipinski definition) is 0. The predicted octanol–water partition coefficient (Wildman–Crippen LogP) is 14.5. The summed E-state index contributed by atoms with van der Waals surface area (Å²) in [5, 5.41) is 17.8. The number of nitrogens with zero attached hydrogens (tertiary/aromatic N) is 6. The summed E-state index contributed by atoms with van der Waals surface area (Å²) >= 11 is 1.72. The van der Waals surface area contributed by atoms with Crippen LogP contribution in [-0.2, 0) is 0 Å². The summed E-state index contributed by atoms with van der Waals surface area (Å²) in [6, 6.07) is 64.8. The Hall–Kier alpha value is -8.36. The van der Waals surface area contributed by atoms with Gasteiger partial charge in [-0.05, 0) is 66.2 Å². The van der Waals surface area contributed by atoms with E-state index in [-0.39, 0.29) is 0 Å². The van der Waals surface area contributed by atoms with Gasteiger partial charge < -0.3 is 9.13 Å². The highest BCUT2D eigenvalue weighted by atomic mass is 32.1. The number of rotatable bonds is 5. The normalized spacial score (nSPS) is 11.6. The summed E-state index contributed by atoms with van der Waals surface area (Å²) in [5.41, 5.74) is 10.3. The third-order valence-corrected chi connectivity index (χ3v) is 13.0. The average molecular weight is 795 g/mol. The molecular weight excluding hydrogens is 765 g/mol. The van der Waals surface area contributed by atoms with E-state index in [4.69, 9.17) is 16.5 Å². The van der Waals surface area contributed by atoms with Crippen LogP contribution in [-0.4, -0.2) is 19.1 Å². The minimum Gasteiger partial charge on any atom is -0.319 e. The summed E-state index contributed by atoms with van der Waals surface area (Å²) in [5.74, 6) is 0.527. The number of nitriles is 1. The van der Waals surface area contributed by atoms with Crippen LogP contribution in [0, 0.1) is 17.9 Å². The molecule has 4 heterocycles. The van der Waals surface area contributed by atoms with Crippen LogP contribution in [0.15, 0.2) is 182 Å². The number of aromatic nitrogens is 4. The van der Waals surface area contributed by atoms with E-state index in [9.17, 15) is 5.26 Å². The molecule has 6 nitrogen and oxygen atoms in total. The molecule has 7 heteroatoms. The maximum absolute atomic E-state index is 10.9. The van der Waals surface area contributed by atoms with E-state index in [1.54, 1.807) is 11.3 Å². The third kappa shape index (κ3) is 5.25. The van der Waals surface area contributed by atoms with Crippen LogP contribution < -0.4 is 0 Å². The van der Waals surface area contributed by atoms with Crippen molar-refractivity contribution in [3.05, 3.63) is 199 Å². The van der Waals surface area contributed by atoms with E-state index >= 15 is 0 Å². The van der Waals surface area contributed by atoms with E-state index in [1.807, 2.05) is 66.7 Å². The van der Waals surface area contributed by atoms with Gasteiger partial charge in [0, 0.05) is 58.5 Å². The van der Waals surface area contributed by atoms with E-state index in [1.165, 1.54) is 20.9 Å². The first-order chi connectivity index (χ1) is 30.2. The van der Waals surface area contributed by atoms with E-state index in [0.717, 1.165) is 65.4 Å². The zero-order valence-electron chi connectivity index (χ0n) is 32.4. The number of thiophene rings is 1. The lowest BCUT2D eigenvalue weighted by atomic mass is 9.99. The zero-order valence-corrected chi connectivity index (χ0v) is 33.2. The molecule has 0 bridgehead atoms. The Kier molecular flexibility index (Phi) is 7.73. The molecule has 0 fully saturated rings. The number of fused-ring (bicyclic) bond motifs is 9. The summed E-state index contributed by atoms with van der Waals surface area (Å²) in [7, 11) is 0. The van der Waals surface area contributed by atoms with Crippen LogP contribution in [0.4, 0.5) is 5.69 Å². The summed E-state index contributed by atoms with van der Waals surface area (Å²) in [6.45, 7) is 8.62. The predicted molar refractivity (Wildman–Crippen MR) is 251 cm³/mol. The number of benzene rings is 8. The summed E-state index contributed by atoms with van der Waals surface area (Å²) in [4.78, 5) is 14.5. The smallest absolute Gasteiger partial charge is 0.211 e. The number of hydrogen-bond acceptors (Lipinski definition) is 4. The molecule has 61 heavy (non-hydrogen) atoms. The van der Waals surface area contributed by atoms with E-state index < -0.39 is 0 Å². The van der Waals surface area contributed by atoms with Crippen molar-refractivity contribution in [2.45, 2.75) is 0 Å². The Morgan fingerprint density at radius 2 is 1.11 bits per heavy atom. The number of para-hydroxylation sites is 3. The average Bonchev–Trinajstić information content (AvgIpc) is 3.98. The summed E-state index contributed by atoms with van der Waals surface area (Å²) < 4.78 is 6.81. The minimum atomic E-state index is 0.357. The van der Waals surface area contributed by atoms with Gasteiger partial charge >= 0.3 is 0 Å². The van der Waals surface area contributed by atoms with Gasteiger partial charge in [0.05, 0.1) is 45.7 Å². The van der Waals surface area contributed by atoms with Crippen molar-refractivity contribution in [3.63, 3.8) is 0 Å². The Morgan fingerprint density at radius 3 is 1.84 bits per heavy atom. The highest BCUT2D eigenvalue weighted by Crippen LogP contribution is 2.44. The highest BCUT2D eigenvalue weighted by Gasteiger charge is 2.23. The molecule has 4 aromatic heterocycles. The van der Waals surface area contributed by atoms with Crippen LogP contribution in [0.5, 0.6) is 0 Å². The molecule has 12 rings (SSSR count). The molecule has 8 aromatic carbocycles. The maximum Gasteiger partial charge on any atom is 0.211 e. The van der Waals surface area contributed by atoms with Gasteiger partial charge in [-0.1, -0.05) is 121 Å². The molecule has 0 N–H and O–H groups in total. The first-order valence-corrected chi connectivity index (χ1v) is 20.8. The largest absolute Gasteiger partial charge is 0.319 e. The molecule has 0 aliphatic heterocycles. The van der Waals surface area contributed by atoms with Gasteiger partial charge in [-0.25, -0.2) is 14.8 Å². The highest BCUT2D eigenvalue weighted by molar-refractivity contribution is 7.26. The van der Waals surface area contributed by atoms with Crippen molar-refractivity contribution in [1.29, 1.82) is 5.26 Å². The summed E-state index contributed by atoms with van der Waals surface area (Å²) in [6.07, 6.45) is 0. The first-order valence-electron chi connectivity index (χ1n) is 20.0. The van der Waals surface area contributed by atoms with Gasteiger partial charge in [0.15, 0.2) is 5.82 Å². The van der Waals surface area contributed by atoms with Gasteiger partial charge in [0.1, 0.15) is 11.6 Å². The van der Waals surface area contributed by atoms with Crippen LogP contribution in [0.3, 0.4) is 0 Å². The molecule has 0 amide bonds. The first kappa shape index (κ1) is 34.7. The van der Waals surface area contributed by atoms with Gasteiger partial charge in [-0.2, -0.15) is 5.26 Å². The Balaban J connectivity index is 1.10. The standard InChI is InChI=1S/C54H30N6S/c1-56-44-29-34(52-43(32-55)51(33-15-4-2-5-16-33)57-54(58-52)40-23-14-22-39-38-21-10-13-26-50(38)61-53(39)40)27-28-47(44)60-46-25-12-9-20-37(46)42-30-41-36-19-8-11-24-45(36)59(48(41)31-49(42)60)35-17-6-3-7-18-35/h2-31H. The lowest BCUT2D eigenvalue weighted by molar-refractivity contribution is 1.16. The molecule has 0 spiro atoms. The Bertz CT molecular complexity index is 3840. The molecule has 0 saturated carbocycles. The van der Waals surface area contributed by atoms with E-state index in [2.05, 4.69) is 135 Å². The fourth-order valence-electron chi connectivity index (χ4n) is 9.12. The van der Waals surface area contributed by atoms with Crippen molar-refractivity contribution in [1.82, 2.24) is 19.1 Å². The van der Waals surface area contributed by atoms with Crippen molar-refractivity contribution < 1.29 is 0 Å². The van der Waals surface area contributed by atoms with E-state index in [0.29, 0.717) is 34.0 Å². The van der Waals surface area contributed by atoms with Gasteiger partial charge in [0.25, 0.3) is 0 Å². The molecule has 282 valence electrons. The molecule has 0 aliphatic rings. The van der Waals surface area contributed by atoms with Crippen molar-refractivity contribution in [2.24, 2.45) is 0 Å². The lowest BCUT2D eigenvalue weighted by Crippen LogP contribution is -2.02. The third-order valence-electron chi connectivity index (χ3n) is 11.8. The Labute approximate surface area is 353 Å². The SMILES string of the molecule is [C-]#[N+]c1cc(-c2nc(-c3cccc4c3sc3ccccc34)nc(-c3ccccc3)c2C#N)ccc1-n1c2ccccc2c2cc3c4ccccc4n(-c4ccccc4)c3cc21. The Morgan fingerprint density at radius 1 is 0.508 bits per heavy atom. The molecule has 0 aliphatic carbocycles. The second-order valence-corrected chi connectivity index (χ2v) is 16.2. The fourth-order valence-corrected chi connectivity index (χ4v) is 10.3. The topological polar surface area (TPSA) is 63.8 Å². The van der Waals surface area contributed by atoms with Crippen LogP contribution in [0.25, 0.3) is 114 Å². The van der Waals surface area contributed by atoms with Crippen molar-refractivity contribution >= 4 is 80.8 Å². The maximum atomic E-state index is 10.9. The van der Waals surface area contributed by atoms with Crippen LogP contribution >= 0.6 is 11.3 Å². The molecule has 0 atom stereocenters. The van der Waals surface area contributed by atoms with Gasteiger partial charge in [-0.15, -0.1) is 11.3 Å². The molecular formula is C54H30N6S. The monoisotopic (exact) mass is 794 g/mol. The second-order valence-electron chi connectivity index (χ2n) is 15.1. The van der Waals surface area contributed by atoms with Gasteiger partial charge in [-0.3, -0.25) is 0 Å².